The molecular weight excluding hydrogens is 280 g/mol. The molecule has 0 saturated carbocycles. The van der Waals surface area contributed by atoms with Crippen molar-refractivity contribution in [1.82, 2.24) is 9.78 Å². The number of hydrogen-bond acceptors (Lipinski definition) is 2. The molecule has 0 bridgehead atoms. The molecule has 0 N–H and O–H groups in total. The van der Waals surface area contributed by atoms with Crippen LogP contribution < -0.4 is 4.74 Å². The summed E-state index contributed by atoms with van der Waals surface area (Å²) >= 11 is 3.73. The van der Waals surface area contributed by atoms with E-state index in [1.807, 2.05) is 6.20 Å². The summed E-state index contributed by atoms with van der Waals surface area (Å²) in [4.78, 5) is 0.544. The maximum absolute atomic E-state index is 5.37. The van der Waals surface area contributed by atoms with Crippen molar-refractivity contribution in [2.75, 3.05) is 7.11 Å². The fraction of sp³-hybridized carbons (Fsp3) is 0.769. The van der Waals surface area contributed by atoms with Crippen LogP contribution in [0.15, 0.2) is 6.20 Å². The van der Waals surface area contributed by atoms with Gasteiger partial charge in [-0.25, -0.2) is 0 Å². The van der Waals surface area contributed by atoms with Gasteiger partial charge in [0.05, 0.1) is 19.0 Å². The number of nitrogens with zero attached hydrogens (tertiary/aromatic N) is 2. The van der Waals surface area contributed by atoms with Crippen LogP contribution in [-0.4, -0.2) is 21.7 Å². The Balaban J connectivity index is 2.77. The zero-order chi connectivity index (χ0) is 13.0. The molecule has 1 rings (SSSR count). The first-order valence-corrected chi connectivity index (χ1v) is 7.13. The Morgan fingerprint density at radius 1 is 1.35 bits per heavy atom. The summed E-state index contributed by atoms with van der Waals surface area (Å²) < 4.78 is 7.42. The molecular formula is C13H23BrN2O. The minimum Gasteiger partial charge on any atom is -0.493 e. The first-order chi connectivity index (χ1) is 7.97. The molecule has 1 atom stereocenters. The van der Waals surface area contributed by atoms with Gasteiger partial charge in [0.1, 0.15) is 0 Å². The van der Waals surface area contributed by atoms with Crippen molar-refractivity contribution in [3.8, 4) is 5.75 Å². The smallest absolute Gasteiger partial charge is 0.159 e. The van der Waals surface area contributed by atoms with E-state index in [1.54, 1.807) is 7.11 Å². The lowest BCUT2D eigenvalue weighted by Gasteiger charge is -2.16. The van der Waals surface area contributed by atoms with Crippen LogP contribution in [-0.2, 0) is 6.42 Å². The predicted molar refractivity (Wildman–Crippen MR) is 75.0 cm³/mol. The van der Waals surface area contributed by atoms with Crippen molar-refractivity contribution in [3.63, 3.8) is 0 Å². The van der Waals surface area contributed by atoms with Gasteiger partial charge in [-0.1, -0.05) is 29.8 Å². The van der Waals surface area contributed by atoms with E-state index in [2.05, 4.69) is 53.4 Å². The second-order valence-electron chi connectivity index (χ2n) is 5.00. The van der Waals surface area contributed by atoms with Gasteiger partial charge in [-0.3, -0.25) is 4.68 Å². The van der Waals surface area contributed by atoms with Crippen LogP contribution in [0.2, 0.25) is 0 Å². The molecule has 1 aromatic rings. The van der Waals surface area contributed by atoms with Gasteiger partial charge in [0.25, 0.3) is 0 Å². The largest absolute Gasteiger partial charge is 0.493 e. The first-order valence-electron chi connectivity index (χ1n) is 6.21. The molecule has 0 fully saturated rings. The summed E-state index contributed by atoms with van der Waals surface area (Å²) in [5, 5.41) is 4.39. The minimum absolute atomic E-state index is 0.377. The molecule has 0 aliphatic heterocycles. The quantitative estimate of drug-likeness (QED) is 0.747. The van der Waals surface area contributed by atoms with E-state index in [0.717, 1.165) is 18.6 Å². The monoisotopic (exact) mass is 302 g/mol. The third-order valence-electron chi connectivity index (χ3n) is 2.95. The third-order valence-corrected chi connectivity index (χ3v) is 4.46. The Labute approximate surface area is 113 Å². The van der Waals surface area contributed by atoms with E-state index in [-0.39, 0.29) is 0 Å². The molecule has 0 radical (unpaired) electrons. The van der Waals surface area contributed by atoms with Gasteiger partial charge in [0, 0.05) is 10.9 Å². The number of rotatable bonds is 6. The molecule has 4 heteroatoms. The summed E-state index contributed by atoms with van der Waals surface area (Å²) in [5.74, 6) is 1.55. The van der Waals surface area contributed by atoms with E-state index in [9.17, 15) is 0 Å². The highest BCUT2D eigenvalue weighted by Crippen LogP contribution is 2.25. The van der Waals surface area contributed by atoms with E-state index >= 15 is 0 Å². The number of ether oxygens (including phenoxy) is 1. The third kappa shape index (κ3) is 3.73. The van der Waals surface area contributed by atoms with Crippen molar-refractivity contribution < 1.29 is 4.74 Å². The fourth-order valence-corrected chi connectivity index (χ4v) is 2.06. The summed E-state index contributed by atoms with van der Waals surface area (Å²) in [5.41, 5.74) is 1.20. The predicted octanol–water partition coefficient (Wildman–Crippen LogP) is 3.82. The molecule has 1 aromatic heterocycles. The molecule has 0 aliphatic rings. The summed E-state index contributed by atoms with van der Waals surface area (Å²) in [6.07, 6.45) is 3.91. The summed E-state index contributed by atoms with van der Waals surface area (Å²) in [6.45, 7) is 8.75. The molecule has 1 unspecified atom stereocenters. The minimum atomic E-state index is 0.377. The highest BCUT2D eigenvalue weighted by Gasteiger charge is 2.16. The number of hydrogen-bond donors (Lipinski definition) is 0. The zero-order valence-corrected chi connectivity index (χ0v) is 13.0. The topological polar surface area (TPSA) is 27.1 Å². The second-order valence-corrected chi connectivity index (χ2v) is 6.17. The van der Waals surface area contributed by atoms with Gasteiger partial charge in [-0.2, -0.15) is 5.10 Å². The highest BCUT2D eigenvalue weighted by molar-refractivity contribution is 9.09. The van der Waals surface area contributed by atoms with Crippen LogP contribution >= 0.6 is 15.9 Å². The summed E-state index contributed by atoms with van der Waals surface area (Å²) in [7, 11) is 1.71. The highest BCUT2D eigenvalue weighted by atomic mass is 79.9. The molecule has 3 nitrogen and oxygen atoms in total. The van der Waals surface area contributed by atoms with E-state index in [1.165, 1.54) is 5.69 Å². The van der Waals surface area contributed by atoms with Crippen molar-refractivity contribution in [2.24, 2.45) is 5.92 Å². The van der Waals surface area contributed by atoms with Gasteiger partial charge in [-0.05, 0) is 32.6 Å². The van der Waals surface area contributed by atoms with Gasteiger partial charge < -0.3 is 4.74 Å². The Hall–Kier alpha value is -0.510. The molecule has 0 aromatic carbocycles. The van der Waals surface area contributed by atoms with Crippen LogP contribution in [0.4, 0.5) is 0 Å². The van der Waals surface area contributed by atoms with E-state index in [4.69, 9.17) is 4.74 Å². The van der Waals surface area contributed by atoms with Crippen molar-refractivity contribution in [3.05, 3.63) is 11.9 Å². The second kappa shape index (κ2) is 6.43. The van der Waals surface area contributed by atoms with Gasteiger partial charge in [0.15, 0.2) is 5.75 Å². The lowest BCUT2D eigenvalue weighted by molar-refractivity contribution is 0.402. The van der Waals surface area contributed by atoms with Crippen LogP contribution in [0.25, 0.3) is 0 Å². The lowest BCUT2D eigenvalue weighted by atomic mass is 10.0. The maximum Gasteiger partial charge on any atom is 0.159 e. The molecule has 98 valence electrons. The van der Waals surface area contributed by atoms with Crippen LogP contribution in [0, 0.1) is 5.92 Å². The van der Waals surface area contributed by atoms with E-state index in [0.29, 0.717) is 16.8 Å². The standard InChI is InChI=1S/C13H23BrN2O/c1-9(2)11(14)6-7-12-13(17-5)8-15-16(12)10(3)4/h8-11H,6-7H2,1-5H3. The molecule has 0 amide bonds. The SMILES string of the molecule is COc1cnn(C(C)C)c1CCC(Br)C(C)C. The van der Waals surface area contributed by atoms with Gasteiger partial charge in [-0.15, -0.1) is 0 Å². The molecule has 1 heterocycles. The average Bonchev–Trinajstić information content (AvgIpc) is 2.68. The molecule has 0 saturated heterocycles. The van der Waals surface area contributed by atoms with Gasteiger partial charge in [0.2, 0.25) is 0 Å². The first kappa shape index (κ1) is 14.6. The number of aromatic nitrogens is 2. The maximum atomic E-state index is 5.37. The van der Waals surface area contributed by atoms with Crippen LogP contribution in [0.3, 0.4) is 0 Å². The normalized spacial score (nSPS) is 13.4. The Kier molecular flexibility index (Phi) is 5.50. The molecule has 17 heavy (non-hydrogen) atoms. The fourth-order valence-electron chi connectivity index (χ4n) is 1.83. The van der Waals surface area contributed by atoms with Gasteiger partial charge >= 0.3 is 0 Å². The molecule has 0 aliphatic carbocycles. The summed E-state index contributed by atoms with van der Waals surface area (Å²) in [6, 6.07) is 0.377. The number of halogens is 1. The van der Waals surface area contributed by atoms with E-state index < -0.39 is 0 Å². The van der Waals surface area contributed by atoms with Crippen molar-refractivity contribution in [1.29, 1.82) is 0 Å². The number of alkyl halides is 1. The van der Waals surface area contributed by atoms with Crippen molar-refractivity contribution in [2.45, 2.75) is 51.4 Å². The Bertz CT molecular complexity index is 347. The Morgan fingerprint density at radius 3 is 2.47 bits per heavy atom. The molecule has 0 spiro atoms. The van der Waals surface area contributed by atoms with Crippen LogP contribution in [0.5, 0.6) is 5.75 Å². The average molecular weight is 303 g/mol. The van der Waals surface area contributed by atoms with Crippen LogP contribution in [0.1, 0.15) is 45.9 Å². The lowest BCUT2D eigenvalue weighted by Crippen LogP contribution is -2.12. The zero-order valence-electron chi connectivity index (χ0n) is 11.4. The number of methoxy groups -OCH3 is 1. The van der Waals surface area contributed by atoms with Crippen molar-refractivity contribution >= 4 is 15.9 Å². The Morgan fingerprint density at radius 2 is 2.00 bits per heavy atom.